The van der Waals surface area contributed by atoms with Crippen LogP contribution < -0.4 is 5.73 Å². The molecule has 0 spiro atoms. The third kappa shape index (κ3) is 4.78. The molecular weight excluding hydrogens is 202 g/mol. The number of rotatable bonds is 4. The smallest absolute Gasteiger partial charge is 0.0159 e. The minimum Gasteiger partial charge on any atom is -0.327 e. The fourth-order valence-corrected chi connectivity index (χ4v) is 3.68. The fourth-order valence-electron chi connectivity index (χ4n) is 2.80. The Morgan fingerprint density at radius 1 is 1.13 bits per heavy atom. The van der Waals surface area contributed by atoms with Gasteiger partial charge in [0.1, 0.15) is 0 Å². The van der Waals surface area contributed by atoms with Gasteiger partial charge in [0.2, 0.25) is 0 Å². The Morgan fingerprint density at radius 2 is 1.67 bits per heavy atom. The molecule has 0 heterocycles. The van der Waals surface area contributed by atoms with Crippen LogP contribution in [0.3, 0.4) is 0 Å². The molecule has 1 rings (SSSR count). The number of nitrogens with two attached hydrogens (primary N) is 1. The van der Waals surface area contributed by atoms with Gasteiger partial charge in [0.25, 0.3) is 0 Å². The van der Waals surface area contributed by atoms with Crippen molar-refractivity contribution in [1.29, 1.82) is 0 Å². The molecule has 1 fully saturated rings. The Morgan fingerprint density at radius 3 is 2.13 bits per heavy atom. The molecule has 0 saturated heterocycles. The molecule has 0 aliphatic heterocycles. The summed E-state index contributed by atoms with van der Waals surface area (Å²) in [4.78, 5) is 0. The average Bonchev–Trinajstić information content (AvgIpc) is 2.12. The van der Waals surface area contributed by atoms with E-state index in [-0.39, 0.29) is 0 Å². The largest absolute Gasteiger partial charge is 0.327 e. The minimum absolute atomic E-state index is 0.419. The predicted octanol–water partition coefficient (Wildman–Crippen LogP) is 3.53. The highest BCUT2D eigenvalue weighted by Crippen LogP contribution is 2.35. The van der Waals surface area contributed by atoms with Crippen molar-refractivity contribution in [1.82, 2.24) is 0 Å². The zero-order valence-corrected chi connectivity index (χ0v) is 11.5. The van der Waals surface area contributed by atoms with Crippen LogP contribution in [-0.4, -0.2) is 17.0 Å². The molecular formula is C13H27NS. The summed E-state index contributed by atoms with van der Waals surface area (Å²) in [5, 5.41) is 0.717. The SMILES string of the molecule is CC1CC(C)CC(C(N)CSC(C)C)C1. The first kappa shape index (κ1) is 13.4. The van der Waals surface area contributed by atoms with Crippen molar-refractivity contribution in [2.45, 2.75) is 58.2 Å². The van der Waals surface area contributed by atoms with Crippen molar-refractivity contribution >= 4 is 11.8 Å². The van der Waals surface area contributed by atoms with Gasteiger partial charge in [0.05, 0.1) is 0 Å². The lowest BCUT2D eigenvalue weighted by Crippen LogP contribution is -2.37. The molecule has 0 aromatic heterocycles. The molecule has 90 valence electrons. The highest BCUT2D eigenvalue weighted by molar-refractivity contribution is 7.99. The van der Waals surface area contributed by atoms with Gasteiger partial charge in [-0.25, -0.2) is 0 Å². The molecule has 15 heavy (non-hydrogen) atoms. The lowest BCUT2D eigenvalue weighted by Gasteiger charge is -2.35. The van der Waals surface area contributed by atoms with Crippen molar-refractivity contribution in [3.8, 4) is 0 Å². The van der Waals surface area contributed by atoms with Gasteiger partial charge in [-0.1, -0.05) is 27.7 Å². The Balaban J connectivity index is 2.34. The molecule has 0 amide bonds. The maximum Gasteiger partial charge on any atom is 0.0159 e. The van der Waals surface area contributed by atoms with E-state index in [1.54, 1.807) is 0 Å². The molecule has 0 aromatic rings. The zero-order chi connectivity index (χ0) is 11.4. The third-order valence-electron chi connectivity index (χ3n) is 3.44. The maximum atomic E-state index is 6.30. The molecule has 2 N–H and O–H groups in total. The maximum absolute atomic E-state index is 6.30. The molecule has 1 nitrogen and oxygen atoms in total. The molecule has 2 heteroatoms. The quantitative estimate of drug-likeness (QED) is 0.798. The Kier molecular flexibility index (Phi) is 5.48. The molecule has 3 unspecified atom stereocenters. The van der Waals surface area contributed by atoms with Crippen molar-refractivity contribution in [3.63, 3.8) is 0 Å². The van der Waals surface area contributed by atoms with Crippen LogP contribution in [0.15, 0.2) is 0 Å². The normalized spacial score (nSPS) is 34.4. The van der Waals surface area contributed by atoms with Crippen molar-refractivity contribution in [2.24, 2.45) is 23.5 Å². The summed E-state index contributed by atoms with van der Waals surface area (Å²) in [7, 11) is 0. The van der Waals surface area contributed by atoms with E-state index in [9.17, 15) is 0 Å². The van der Waals surface area contributed by atoms with Gasteiger partial charge < -0.3 is 5.73 Å². The van der Waals surface area contributed by atoms with Crippen LogP contribution in [0.4, 0.5) is 0 Å². The van der Waals surface area contributed by atoms with Crippen molar-refractivity contribution < 1.29 is 0 Å². The minimum atomic E-state index is 0.419. The predicted molar refractivity (Wildman–Crippen MR) is 71.2 cm³/mol. The Bertz CT molecular complexity index is 171. The van der Waals surface area contributed by atoms with E-state index in [0.29, 0.717) is 6.04 Å². The second-order valence-corrected chi connectivity index (χ2v) is 7.33. The van der Waals surface area contributed by atoms with Gasteiger partial charge in [0, 0.05) is 11.8 Å². The van der Waals surface area contributed by atoms with Crippen LogP contribution in [0.2, 0.25) is 0 Å². The van der Waals surface area contributed by atoms with E-state index < -0.39 is 0 Å². The van der Waals surface area contributed by atoms with Gasteiger partial charge >= 0.3 is 0 Å². The van der Waals surface area contributed by atoms with Gasteiger partial charge in [-0.15, -0.1) is 0 Å². The van der Waals surface area contributed by atoms with Crippen LogP contribution >= 0.6 is 11.8 Å². The summed E-state index contributed by atoms with van der Waals surface area (Å²) in [5.74, 6) is 3.68. The van der Waals surface area contributed by atoms with Crippen molar-refractivity contribution in [2.75, 3.05) is 5.75 Å². The number of hydrogen-bond acceptors (Lipinski definition) is 2. The Hall–Kier alpha value is 0.310. The van der Waals surface area contributed by atoms with Gasteiger partial charge in [-0.05, 0) is 42.3 Å². The van der Waals surface area contributed by atoms with Crippen LogP contribution in [0.25, 0.3) is 0 Å². The molecule has 1 aliphatic carbocycles. The highest BCUT2D eigenvalue weighted by atomic mass is 32.2. The van der Waals surface area contributed by atoms with Gasteiger partial charge in [0.15, 0.2) is 0 Å². The molecule has 1 saturated carbocycles. The second kappa shape index (κ2) is 6.15. The molecule has 3 atom stereocenters. The van der Waals surface area contributed by atoms with E-state index >= 15 is 0 Å². The lowest BCUT2D eigenvalue weighted by molar-refractivity contribution is 0.200. The van der Waals surface area contributed by atoms with Gasteiger partial charge in [-0.3, -0.25) is 0 Å². The first-order valence-electron chi connectivity index (χ1n) is 6.36. The number of thioether (sulfide) groups is 1. The van der Waals surface area contributed by atoms with Gasteiger partial charge in [-0.2, -0.15) is 11.8 Å². The summed E-state index contributed by atoms with van der Waals surface area (Å²) in [6, 6.07) is 0.419. The second-order valence-electron chi connectivity index (χ2n) is 5.72. The Labute approximate surface area is 99.6 Å². The summed E-state index contributed by atoms with van der Waals surface area (Å²) in [5.41, 5.74) is 6.30. The van der Waals surface area contributed by atoms with Crippen LogP contribution in [0.5, 0.6) is 0 Å². The lowest BCUT2D eigenvalue weighted by atomic mass is 9.74. The molecule has 0 radical (unpaired) electrons. The summed E-state index contributed by atoms with van der Waals surface area (Å²) >= 11 is 2.01. The van der Waals surface area contributed by atoms with E-state index in [2.05, 4.69) is 27.7 Å². The third-order valence-corrected chi connectivity index (χ3v) is 4.69. The first-order valence-corrected chi connectivity index (χ1v) is 7.41. The topological polar surface area (TPSA) is 26.0 Å². The summed E-state index contributed by atoms with van der Waals surface area (Å²) in [6.45, 7) is 9.27. The molecule has 0 bridgehead atoms. The average molecular weight is 229 g/mol. The first-order chi connectivity index (χ1) is 6.99. The monoisotopic (exact) mass is 229 g/mol. The standard InChI is InChI=1S/C13H27NS/c1-9(2)15-8-13(14)12-6-10(3)5-11(4)7-12/h9-13H,5-8,14H2,1-4H3. The van der Waals surface area contributed by atoms with E-state index in [1.807, 2.05) is 11.8 Å². The highest BCUT2D eigenvalue weighted by Gasteiger charge is 2.28. The number of hydrogen-bond donors (Lipinski definition) is 1. The van der Waals surface area contributed by atoms with E-state index in [4.69, 9.17) is 5.73 Å². The van der Waals surface area contributed by atoms with Crippen LogP contribution in [0.1, 0.15) is 47.0 Å². The summed E-state index contributed by atoms with van der Waals surface area (Å²) < 4.78 is 0. The van der Waals surface area contributed by atoms with Crippen molar-refractivity contribution in [3.05, 3.63) is 0 Å². The van der Waals surface area contributed by atoms with E-state index in [1.165, 1.54) is 19.3 Å². The van der Waals surface area contributed by atoms with Crippen LogP contribution in [-0.2, 0) is 0 Å². The molecule has 0 aromatic carbocycles. The summed E-state index contributed by atoms with van der Waals surface area (Å²) in [6.07, 6.45) is 4.11. The van der Waals surface area contributed by atoms with E-state index in [0.717, 1.165) is 28.8 Å². The fraction of sp³-hybridized carbons (Fsp3) is 1.00. The molecule has 1 aliphatic rings. The van der Waals surface area contributed by atoms with Crippen LogP contribution in [0, 0.1) is 17.8 Å². The zero-order valence-electron chi connectivity index (χ0n) is 10.7.